The number of hydrogen-bond donors (Lipinski definition) is 2. The van der Waals surface area contributed by atoms with Gasteiger partial charge in [0.15, 0.2) is 0 Å². The van der Waals surface area contributed by atoms with Crippen LogP contribution in [0.15, 0.2) is 24.3 Å². The Morgan fingerprint density at radius 1 is 0.818 bits per heavy atom. The third kappa shape index (κ3) is 4.12. The highest BCUT2D eigenvalue weighted by molar-refractivity contribution is 5.72. The molecule has 0 aliphatic heterocycles. The molecule has 0 spiro atoms. The molecular weight excluding hydrogens is 284 g/mol. The maximum Gasteiger partial charge on any atom is 0.307 e. The van der Waals surface area contributed by atoms with Crippen LogP contribution in [0, 0.1) is 13.8 Å². The molecule has 0 radical (unpaired) electrons. The van der Waals surface area contributed by atoms with Gasteiger partial charge >= 0.3 is 11.9 Å². The monoisotopic (exact) mass is 300 g/mol. The van der Waals surface area contributed by atoms with Gasteiger partial charge in [-0.2, -0.15) is 0 Å². The molecule has 6 nitrogen and oxygen atoms in total. The average molecular weight is 300 g/mol. The smallest absolute Gasteiger partial charge is 0.307 e. The van der Waals surface area contributed by atoms with Crippen molar-refractivity contribution in [2.24, 2.45) is 0 Å². The normalized spacial score (nSPS) is 10.5. The van der Waals surface area contributed by atoms with Crippen LogP contribution < -0.4 is 0 Å². The molecule has 0 fully saturated rings. The van der Waals surface area contributed by atoms with Crippen LogP contribution in [0.5, 0.6) is 0 Å². The fourth-order valence-corrected chi connectivity index (χ4v) is 2.30. The van der Waals surface area contributed by atoms with E-state index in [-0.39, 0.29) is 12.8 Å². The summed E-state index contributed by atoms with van der Waals surface area (Å²) in [5.74, 6) is -1.83. The van der Waals surface area contributed by atoms with Crippen molar-refractivity contribution in [1.82, 2.24) is 9.97 Å². The van der Waals surface area contributed by atoms with Gasteiger partial charge in [-0.05, 0) is 49.2 Å². The third-order valence-corrected chi connectivity index (χ3v) is 3.00. The summed E-state index contributed by atoms with van der Waals surface area (Å²) >= 11 is 0. The van der Waals surface area contributed by atoms with Crippen molar-refractivity contribution in [3.63, 3.8) is 0 Å². The number of nitrogens with zero attached hydrogens (tertiary/aromatic N) is 2. The van der Waals surface area contributed by atoms with E-state index in [4.69, 9.17) is 10.2 Å². The summed E-state index contributed by atoms with van der Waals surface area (Å²) in [5.41, 5.74) is 3.75. The van der Waals surface area contributed by atoms with Crippen LogP contribution in [-0.2, 0) is 22.4 Å². The second-order valence-electron chi connectivity index (χ2n) is 5.15. The van der Waals surface area contributed by atoms with E-state index < -0.39 is 11.9 Å². The molecule has 0 saturated carbocycles. The van der Waals surface area contributed by atoms with Crippen LogP contribution in [0.4, 0.5) is 0 Å². The van der Waals surface area contributed by atoms with Crippen molar-refractivity contribution in [2.45, 2.75) is 26.7 Å². The van der Waals surface area contributed by atoms with E-state index in [1.54, 1.807) is 38.1 Å². The SMILES string of the molecule is Cc1cc(CC(=O)O)cc(-c2cc(CC(=O)O)cc(C)n2)n1. The van der Waals surface area contributed by atoms with Crippen LogP contribution in [0.1, 0.15) is 22.5 Å². The third-order valence-electron chi connectivity index (χ3n) is 3.00. The molecule has 0 aromatic carbocycles. The molecule has 2 N–H and O–H groups in total. The number of aromatic nitrogens is 2. The predicted molar refractivity (Wildman–Crippen MR) is 79.6 cm³/mol. The highest BCUT2D eigenvalue weighted by Crippen LogP contribution is 2.20. The second-order valence-corrected chi connectivity index (χ2v) is 5.15. The summed E-state index contributed by atoms with van der Waals surface area (Å²) < 4.78 is 0. The molecule has 0 bridgehead atoms. The van der Waals surface area contributed by atoms with Crippen molar-refractivity contribution in [2.75, 3.05) is 0 Å². The highest BCUT2D eigenvalue weighted by atomic mass is 16.4. The van der Waals surface area contributed by atoms with E-state index in [0.717, 1.165) is 0 Å². The van der Waals surface area contributed by atoms with Crippen molar-refractivity contribution in [3.05, 3.63) is 46.8 Å². The first-order valence-corrected chi connectivity index (χ1v) is 6.72. The van der Waals surface area contributed by atoms with Crippen LogP contribution in [0.2, 0.25) is 0 Å². The molecule has 2 rings (SSSR count). The van der Waals surface area contributed by atoms with Gasteiger partial charge in [0.25, 0.3) is 0 Å². The quantitative estimate of drug-likeness (QED) is 0.876. The van der Waals surface area contributed by atoms with Crippen LogP contribution in [-0.4, -0.2) is 32.1 Å². The number of carboxylic acid groups (broad SMARTS) is 2. The zero-order chi connectivity index (χ0) is 16.3. The van der Waals surface area contributed by atoms with Crippen molar-refractivity contribution in [1.29, 1.82) is 0 Å². The molecule has 114 valence electrons. The zero-order valence-corrected chi connectivity index (χ0v) is 12.3. The molecule has 0 saturated heterocycles. The molecule has 22 heavy (non-hydrogen) atoms. The fraction of sp³-hybridized carbons (Fsp3) is 0.250. The second kappa shape index (κ2) is 6.34. The summed E-state index contributed by atoms with van der Waals surface area (Å²) in [6.07, 6.45) is -0.186. The molecule has 2 aromatic rings. The minimum atomic E-state index is -0.916. The zero-order valence-electron chi connectivity index (χ0n) is 12.3. The van der Waals surface area contributed by atoms with E-state index in [2.05, 4.69) is 9.97 Å². The van der Waals surface area contributed by atoms with Crippen molar-refractivity contribution < 1.29 is 19.8 Å². The van der Waals surface area contributed by atoms with Gasteiger partial charge in [0, 0.05) is 11.4 Å². The van der Waals surface area contributed by atoms with Crippen LogP contribution >= 0.6 is 0 Å². The number of carbonyl (C=O) groups is 2. The van der Waals surface area contributed by atoms with E-state index in [0.29, 0.717) is 33.9 Å². The Morgan fingerprint density at radius 3 is 1.50 bits per heavy atom. The van der Waals surface area contributed by atoms with Crippen LogP contribution in [0.25, 0.3) is 11.4 Å². The molecule has 0 unspecified atom stereocenters. The lowest BCUT2D eigenvalue weighted by atomic mass is 10.1. The average Bonchev–Trinajstić information content (AvgIpc) is 2.35. The van der Waals surface area contributed by atoms with Gasteiger partial charge in [-0.3, -0.25) is 19.6 Å². The Morgan fingerprint density at radius 2 is 1.18 bits per heavy atom. The lowest BCUT2D eigenvalue weighted by molar-refractivity contribution is -0.137. The standard InChI is InChI=1S/C16H16N2O4/c1-9-3-11(7-15(19)20)5-13(17-9)14-6-12(8-16(21)22)4-10(2)18-14/h3-6H,7-8H2,1-2H3,(H,19,20)(H,21,22). The first-order chi connectivity index (χ1) is 10.3. The van der Waals surface area contributed by atoms with Gasteiger partial charge in [-0.15, -0.1) is 0 Å². The topological polar surface area (TPSA) is 100 Å². The number of aliphatic carboxylic acids is 2. The minimum Gasteiger partial charge on any atom is -0.481 e. The molecule has 2 aromatic heterocycles. The first kappa shape index (κ1) is 15.6. The van der Waals surface area contributed by atoms with E-state index >= 15 is 0 Å². The molecule has 6 heteroatoms. The van der Waals surface area contributed by atoms with Crippen molar-refractivity contribution >= 4 is 11.9 Å². The summed E-state index contributed by atoms with van der Waals surface area (Å²) in [6, 6.07) is 6.78. The fourth-order valence-electron chi connectivity index (χ4n) is 2.30. The number of rotatable bonds is 5. The summed E-state index contributed by atoms with van der Waals surface area (Å²) in [5, 5.41) is 17.8. The Kier molecular flexibility index (Phi) is 4.50. The maximum atomic E-state index is 10.9. The van der Waals surface area contributed by atoms with Crippen LogP contribution in [0.3, 0.4) is 0 Å². The Balaban J connectivity index is 2.46. The van der Waals surface area contributed by atoms with Gasteiger partial charge < -0.3 is 10.2 Å². The first-order valence-electron chi connectivity index (χ1n) is 6.72. The molecule has 0 amide bonds. The number of carboxylic acids is 2. The Bertz CT molecular complexity index is 677. The van der Waals surface area contributed by atoms with Gasteiger partial charge in [0.1, 0.15) is 0 Å². The molecule has 0 aliphatic rings. The number of hydrogen-bond acceptors (Lipinski definition) is 4. The van der Waals surface area contributed by atoms with E-state index in [1.165, 1.54) is 0 Å². The molecule has 2 heterocycles. The van der Waals surface area contributed by atoms with Gasteiger partial charge in [-0.1, -0.05) is 0 Å². The van der Waals surface area contributed by atoms with Gasteiger partial charge in [0.2, 0.25) is 0 Å². The molecule has 0 atom stereocenters. The summed E-state index contributed by atoms with van der Waals surface area (Å²) in [4.78, 5) is 30.5. The number of aryl methyl sites for hydroxylation is 2. The predicted octanol–water partition coefficient (Wildman–Crippen LogP) is 2.01. The van der Waals surface area contributed by atoms with E-state index in [1.807, 2.05) is 0 Å². The molecular formula is C16H16N2O4. The minimum absolute atomic E-state index is 0.0931. The number of pyridine rings is 2. The summed E-state index contributed by atoms with van der Waals surface area (Å²) in [6.45, 7) is 3.56. The lowest BCUT2D eigenvalue weighted by Gasteiger charge is -2.08. The van der Waals surface area contributed by atoms with Gasteiger partial charge in [-0.25, -0.2) is 0 Å². The summed E-state index contributed by atoms with van der Waals surface area (Å²) in [7, 11) is 0. The maximum absolute atomic E-state index is 10.9. The Hall–Kier alpha value is -2.76. The Labute approximate surface area is 127 Å². The molecule has 0 aliphatic carbocycles. The van der Waals surface area contributed by atoms with E-state index in [9.17, 15) is 9.59 Å². The lowest BCUT2D eigenvalue weighted by Crippen LogP contribution is -2.04. The largest absolute Gasteiger partial charge is 0.481 e. The van der Waals surface area contributed by atoms with Gasteiger partial charge in [0.05, 0.1) is 24.2 Å². The van der Waals surface area contributed by atoms with Crippen molar-refractivity contribution in [3.8, 4) is 11.4 Å². The highest BCUT2D eigenvalue weighted by Gasteiger charge is 2.10.